The van der Waals surface area contributed by atoms with Crippen molar-refractivity contribution in [2.75, 3.05) is 19.0 Å². The molecule has 0 spiro atoms. The van der Waals surface area contributed by atoms with Crippen molar-refractivity contribution in [2.24, 2.45) is 0 Å². The number of hydrogen-bond acceptors (Lipinski definition) is 5. The van der Waals surface area contributed by atoms with Crippen LogP contribution in [0.1, 0.15) is 31.3 Å². The number of hydrogen-bond donors (Lipinski definition) is 1. The maximum Gasteiger partial charge on any atom is 0.167 e. The molecule has 18 heavy (non-hydrogen) atoms. The topological polar surface area (TPSA) is 64.9 Å². The molecule has 0 aromatic carbocycles. The lowest BCUT2D eigenvalue weighted by Gasteiger charge is -2.23. The fourth-order valence-electron chi connectivity index (χ4n) is 2.35. The Kier molecular flexibility index (Phi) is 2.87. The summed E-state index contributed by atoms with van der Waals surface area (Å²) in [5, 5.41) is 3.06. The minimum absolute atomic E-state index is 0.0581. The number of ether oxygens (including phenoxy) is 1. The van der Waals surface area contributed by atoms with E-state index in [2.05, 4.69) is 20.3 Å². The molecule has 0 saturated carbocycles. The Morgan fingerprint density at radius 1 is 1.39 bits per heavy atom. The van der Waals surface area contributed by atoms with Crippen molar-refractivity contribution < 1.29 is 4.74 Å². The van der Waals surface area contributed by atoms with Crippen molar-refractivity contribution in [3.63, 3.8) is 0 Å². The van der Waals surface area contributed by atoms with Crippen molar-refractivity contribution in [1.29, 1.82) is 0 Å². The minimum Gasteiger partial charge on any atom is -0.371 e. The average Bonchev–Trinajstić information content (AvgIpc) is 2.82. The predicted molar refractivity (Wildman–Crippen MR) is 68.4 cm³/mol. The van der Waals surface area contributed by atoms with Crippen LogP contribution in [-0.2, 0) is 4.74 Å². The number of aryl methyl sites for hydroxylation is 1. The molecule has 1 unspecified atom stereocenters. The zero-order valence-corrected chi connectivity index (χ0v) is 10.7. The summed E-state index contributed by atoms with van der Waals surface area (Å²) in [5.74, 6) is 1.51. The second-order valence-electron chi connectivity index (χ2n) is 4.51. The van der Waals surface area contributed by atoms with Crippen LogP contribution in [0.15, 0.2) is 6.33 Å². The van der Waals surface area contributed by atoms with E-state index in [4.69, 9.17) is 4.74 Å². The molecular weight excluding hydrogens is 230 g/mol. The highest BCUT2D eigenvalue weighted by Crippen LogP contribution is 2.27. The number of anilines is 1. The summed E-state index contributed by atoms with van der Waals surface area (Å²) >= 11 is 0. The first-order valence-electron chi connectivity index (χ1n) is 6.30. The lowest BCUT2D eigenvalue weighted by molar-refractivity contribution is -0.0298. The van der Waals surface area contributed by atoms with Crippen LogP contribution in [0.3, 0.4) is 0 Å². The van der Waals surface area contributed by atoms with Crippen molar-refractivity contribution >= 4 is 17.0 Å². The van der Waals surface area contributed by atoms with Gasteiger partial charge in [-0.2, -0.15) is 0 Å². The maximum atomic E-state index is 5.79. The van der Waals surface area contributed by atoms with E-state index in [0.29, 0.717) is 0 Å². The first-order chi connectivity index (χ1) is 8.79. The Bertz CT molecular complexity index is 559. The SMILES string of the molecule is CNc1nc(C)nc2c1ncn2C1CCCCO1. The van der Waals surface area contributed by atoms with E-state index in [9.17, 15) is 0 Å². The zero-order chi connectivity index (χ0) is 12.5. The summed E-state index contributed by atoms with van der Waals surface area (Å²) in [4.78, 5) is 13.2. The van der Waals surface area contributed by atoms with Crippen LogP contribution < -0.4 is 5.32 Å². The van der Waals surface area contributed by atoms with Crippen molar-refractivity contribution in [3.8, 4) is 0 Å². The Balaban J connectivity index is 2.10. The van der Waals surface area contributed by atoms with Gasteiger partial charge in [0, 0.05) is 13.7 Å². The van der Waals surface area contributed by atoms with E-state index in [0.717, 1.165) is 42.3 Å². The maximum absolute atomic E-state index is 5.79. The van der Waals surface area contributed by atoms with Crippen LogP contribution in [-0.4, -0.2) is 33.2 Å². The number of rotatable bonds is 2. The van der Waals surface area contributed by atoms with Crippen LogP contribution in [0.2, 0.25) is 0 Å². The fraction of sp³-hybridized carbons (Fsp3) is 0.583. The Hall–Kier alpha value is -1.69. The lowest BCUT2D eigenvalue weighted by atomic mass is 10.2. The lowest BCUT2D eigenvalue weighted by Crippen LogP contribution is -2.18. The van der Waals surface area contributed by atoms with Gasteiger partial charge in [-0.1, -0.05) is 0 Å². The summed E-state index contributed by atoms with van der Waals surface area (Å²) in [6, 6.07) is 0. The van der Waals surface area contributed by atoms with Gasteiger partial charge in [-0.15, -0.1) is 0 Å². The number of nitrogens with one attached hydrogen (secondary N) is 1. The zero-order valence-electron chi connectivity index (χ0n) is 10.7. The molecule has 1 aliphatic rings. The largest absolute Gasteiger partial charge is 0.371 e. The van der Waals surface area contributed by atoms with Crippen LogP contribution in [0.5, 0.6) is 0 Å². The van der Waals surface area contributed by atoms with Crippen molar-refractivity contribution in [2.45, 2.75) is 32.4 Å². The minimum atomic E-state index is 0.0581. The van der Waals surface area contributed by atoms with E-state index in [1.807, 2.05) is 18.5 Å². The molecule has 1 fully saturated rings. The van der Waals surface area contributed by atoms with Crippen molar-refractivity contribution in [1.82, 2.24) is 19.5 Å². The highest BCUT2D eigenvalue weighted by molar-refractivity contribution is 5.82. The van der Waals surface area contributed by atoms with E-state index in [1.54, 1.807) is 6.33 Å². The molecule has 1 atom stereocenters. The molecule has 0 bridgehead atoms. The number of nitrogens with zero attached hydrogens (tertiary/aromatic N) is 4. The summed E-state index contributed by atoms with van der Waals surface area (Å²) in [5.41, 5.74) is 1.65. The number of imidazole rings is 1. The molecule has 1 N–H and O–H groups in total. The molecule has 0 radical (unpaired) electrons. The Morgan fingerprint density at radius 3 is 3.00 bits per heavy atom. The molecule has 6 heteroatoms. The first-order valence-corrected chi connectivity index (χ1v) is 6.30. The molecular formula is C12H17N5O. The highest BCUT2D eigenvalue weighted by Gasteiger charge is 2.20. The normalized spacial score (nSPS) is 20.2. The van der Waals surface area contributed by atoms with Gasteiger partial charge < -0.3 is 10.1 Å². The highest BCUT2D eigenvalue weighted by atomic mass is 16.5. The second-order valence-corrected chi connectivity index (χ2v) is 4.51. The van der Waals surface area contributed by atoms with Crippen molar-refractivity contribution in [3.05, 3.63) is 12.2 Å². The fourth-order valence-corrected chi connectivity index (χ4v) is 2.35. The summed E-state index contributed by atoms with van der Waals surface area (Å²) in [6.45, 7) is 2.70. The first kappa shape index (κ1) is 11.4. The van der Waals surface area contributed by atoms with Crippen LogP contribution in [0.25, 0.3) is 11.2 Å². The molecule has 2 aromatic rings. The second kappa shape index (κ2) is 4.53. The van der Waals surface area contributed by atoms with E-state index in [1.165, 1.54) is 6.42 Å². The third-order valence-corrected chi connectivity index (χ3v) is 3.24. The summed E-state index contributed by atoms with van der Waals surface area (Å²) in [6.07, 6.45) is 5.20. The molecule has 3 heterocycles. The van der Waals surface area contributed by atoms with Crippen LogP contribution >= 0.6 is 0 Å². The van der Waals surface area contributed by atoms with Crippen LogP contribution in [0, 0.1) is 6.92 Å². The Morgan fingerprint density at radius 2 is 2.28 bits per heavy atom. The average molecular weight is 247 g/mol. The Labute approximate surface area is 105 Å². The van der Waals surface area contributed by atoms with E-state index in [-0.39, 0.29) is 6.23 Å². The summed E-state index contributed by atoms with van der Waals surface area (Å²) < 4.78 is 7.80. The third-order valence-electron chi connectivity index (χ3n) is 3.24. The van der Waals surface area contributed by atoms with Gasteiger partial charge in [0.15, 0.2) is 17.0 Å². The van der Waals surface area contributed by atoms with Gasteiger partial charge in [0.2, 0.25) is 0 Å². The molecule has 3 rings (SSSR count). The van der Waals surface area contributed by atoms with Gasteiger partial charge >= 0.3 is 0 Å². The molecule has 6 nitrogen and oxygen atoms in total. The molecule has 2 aromatic heterocycles. The number of fused-ring (bicyclic) bond motifs is 1. The van der Waals surface area contributed by atoms with Gasteiger partial charge in [0.05, 0.1) is 6.33 Å². The summed E-state index contributed by atoms with van der Waals surface area (Å²) in [7, 11) is 1.84. The van der Waals surface area contributed by atoms with Gasteiger partial charge in [-0.3, -0.25) is 4.57 Å². The molecule has 1 aliphatic heterocycles. The predicted octanol–water partition coefficient (Wildman–Crippen LogP) is 1.88. The monoisotopic (exact) mass is 247 g/mol. The molecule has 1 saturated heterocycles. The van der Waals surface area contributed by atoms with Gasteiger partial charge in [-0.25, -0.2) is 15.0 Å². The molecule has 0 aliphatic carbocycles. The van der Waals surface area contributed by atoms with E-state index < -0.39 is 0 Å². The molecule has 0 amide bonds. The standard InChI is InChI=1S/C12H17N5O/c1-8-15-11(13-2)10-12(16-8)17(7-14-10)9-5-3-4-6-18-9/h7,9H,3-6H2,1-2H3,(H,13,15,16). The van der Waals surface area contributed by atoms with Crippen LogP contribution in [0.4, 0.5) is 5.82 Å². The van der Waals surface area contributed by atoms with Gasteiger partial charge in [-0.05, 0) is 26.2 Å². The third kappa shape index (κ3) is 1.82. The van der Waals surface area contributed by atoms with Gasteiger partial charge in [0.1, 0.15) is 12.1 Å². The molecule has 96 valence electrons. The van der Waals surface area contributed by atoms with Gasteiger partial charge in [0.25, 0.3) is 0 Å². The quantitative estimate of drug-likeness (QED) is 0.877. The number of aromatic nitrogens is 4. The van der Waals surface area contributed by atoms with E-state index >= 15 is 0 Å². The smallest absolute Gasteiger partial charge is 0.167 e.